The largest absolute Gasteiger partial charge is 0.507 e. The van der Waals surface area contributed by atoms with E-state index < -0.39 is 0 Å². The number of pyridine rings is 1. The SMILES string of the molecule is CC(C)(C)c1ccc(NNc2ccc(O)c(C=O)c2)c(N)n1. The molecule has 0 amide bonds. The predicted octanol–water partition coefficient (Wildman–Crippen LogP) is 2.92. The van der Waals surface area contributed by atoms with Crippen molar-refractivity contribution in [1.29, 1.82) is 0 Å². The number of hydrazine groups is 1. The zero-order valence-corrected chi connectivity index (χ0v) is 12.8. The quantitative estimate of drug-likeness (QED) is 0.393. The molecule has 6 heteroatoms. The lowest BCUT2D eigenvalue weighted by molar-refractivity contribution is 0.112. The molecule has 0 saturated heterocycles. The van der Waals surface area contributed by atoms with E-state index in [9.17, 15) is 9.90 Å². The Morgan fingerprint density at radius 1 is 1.18 bits per heavy atom. The number of hydrogen-bond acceptors (Lipinski definition) is 6. The molecule has 1 heterocycles. The van der Waals surface area contributed by atoms with Crippen molar-refractivity contribution in [3.05, 3.63) is 41.6 Å². The normalized spacial score (nSPS) is 11.0. The van der Waals surface area contributed by atoms with Crippen molar-refractivity contribution < 1.29 is 9.90 Å². The van der Waals surface area contributed by atoms with E-state index in [1.807, 2.05) is 12.1 Å². The second-order valence-electron chi connectivity index (χ2n) is 6.02. The summed E-state index contributed by atoms with van der Waals surface area (Å²) in [5.41, 5.74) is 14.1. The number of carbonyl (C=O) groups is 1. The number of nitrogens with zero attached hydrogens (tertiary/aromatic N) is 1. The molecule has 1 aromatic carbocycles. The molecular formula is C16H20N4O2. The summed E-state index contributed by atoms with van der Waals surface area (Å²) in [6.07, 6.45) is 0.592. The van der Waals surface area contributed by atoms with Crippen LogP contribution in [0.4, 0.5) is 17.2 Å². The minimum Gasteiger partial charge on any atom is -0.507 e. The first-order valence-corrected chi connectivity index (χ1v) is 6.88. The van der Waals surface area contributed by atoms with Crippen molar-refractivity contribution in [1.82, 2.24) is 4.98 Å². The Balaban J connectivity index is 2.13. The maximum Gasteiger partial charge on any atom is 0.153 e. The summed E-state index contributed by atoms with van der Waals surface area (Å²) in [7, 11) is 0. The average molecular weight is 300 g/mol. The Kier molecular flexibility index (Phi) is 4.21. The first-order valence-electron chi connectivity index (χ1n) is 6.88. The van der Waals surface area contributed by atoms with Crippen LogP contribution < -0.4 is 16.6 Å². The Morgan fingerprint density at radius 3 is 2.50 bits per heavy atom. The van der Waals surface area contributed by atoms with E-state index in [-0.39, 0.29) is 16.7 Å². The van der Waals surface area contributed by atoms with Crippen LogP contribution in [0, 0.1) is 0 Å². The van der Waals surface area contributed by atoms with E-state index >= 15 is 0 Å². The van der Waals surface area contributed by atoms with Crippen LogP contribution >= 0.6 is 0 Å². The number of nitrogens with two attached hydrogens (primary N) is 1. The summed E-state index contributed by atoms with van der Waals surface area (Å²) in [6.45, 7) is 6.20. The molecule has 0 aliphatic rings. The highest BCUT2D eigenvalue weighted by atomic mass is 16.3. The molecule has 22 heavy (non-hydrogen) atoms. The van der Waals surface area contributed by atoms with Crippen LogP contribution in [0.25, 0.3) is 0 Å². The number of aromatic nitrogens is 1. The number of hydrogen-bond donors (Lipinski definition) is 4. The number of rotatable bonds is 4. The van der Waals surface area contributed by atoms with Crippen LogP contribution in [0.5, 0.6) is 5.75 Å². The molecule has 2 rings (SSSR count). The van der Waals surface area contributed by atoms with Gasteiger partial charge in [-0.3, -0.25) is 10.2 Å². The molecule has 116 valence electrons. The van der Waals surface area contributed by atoms with Gasteiger partial charge in [-0.25, -0.2) is 4.98 Å². The number of nitrogens with one attached hydrogen (secondary N) is 2. The number of benzene rings is 1. The zero-order valence-electron chi connectivity index (χ0n) is 12.8. The van der Waals surface area contributed by atoms with Crippen LogP contribution in [0.1, 0.15) is 36.8 Å². The fourth-order valence-electron chi connectivity index (χ4n) is 1.86. The summed E-state index contributed by atoms with van der Waals surface area (Å²) in [6, 6.07) is 8.37. The second-order valence-corrected chi connectivity index (χ2v) is 6.02. The Hall–Kier alpha value is -2.76. The molecule has 2 aromatic rings. The lowest BCUT2D eigenvalue weighted by Crippen LogP contribution is -2.16. The standard InChI is InChI=1S/C16H20N4O2/c1-16(2,3)14-7-5-12(15(17)18-14)20-19-11-4-6-13(22)10(8-11)9-21/h4-9,19-20,22H,1-3H3,(H2,17,18). The van der Waals surface area contributed by atoms with E-state index in [1.165, 1.54) is 12.1 Å². The van der Waals surface area contributed by atoms with E-state index in [1.54, 1.807) is 6.07 Å². The van der Waals surface area contributed by atoms with Gasteiger partial charge in [0.1, 0.15) is 11.6 Å². The number of aromatic hydroxyl groups is 1. The lowest BCUT2D eigenvalue weighted by Gasteiger charge is -2.19. The van der Waals surface area contributed by atoms with Gasteiger partial charge < -0.3 is 16.3 Å². The van der Waals surface area contributed by atoms with Crippen molar-refractivity contribution in [2.45, 2.75) is 26.2 Å². The summed E-state index contributed by atoms with van der Waals surface area (Å²) in [5.74, 6) is 0.325. The van der Waals surface area contributed by atoms with Gasteiger partial charge in [0, 0.05) is 11.1 Å². The molecule has 6 nitrogen and oxygen atoms in total. The zero-order chi connectivity index (χ0) is 16.3. The van der Waals surface area contributed by atoms with Gasteiger partial charge in [-0.05, 0) is 30.3 Å². The molecular weight excluding hydrogens is 280 g/mol. The fourth-order valence-corrected chi connectivity index (χ4v) is 1.86. The number of anilines is 3. The van der Waals surface area contributed by atoms with Crippen molar-refractivity contribution in [2.24, 2.45) is 0 Å². The summed E-state index contributed by atoms with van der Waals surface area (Å²) in [4.78, 5) is 15.2. The van der Waals surface area contributed by atoms with E-state index in [4.69, 9.17) is 5.73 Å². The number of carbonyl (C=O) groups excluding carboxylic acids is 1. The molecule has 0 radical (unpaired) electrons. The molecule has 1 aromatic heterocycles. The molecule has 0 saturated carbocycles. The number of phenolic OH excluding ortho intramolecular Hbond substituents is 1. The minimum absolute atomic E-state index is 0.0590. The van der Waals surface area contributed by atoms with Gasteiger partial charge >= 0.3 is 0 Å². The van der Waals surface area contributed by atoms with Crippen molar-refractivity contribution in [3.8, 4) is 5.75 Å². The van der Waals surface area contributed by atoms with Crippen molar-refractivity contribution in [3.63, 3.8) is 0 Å². The average Bonchev–Trinajstić information content (AvgIpc) is 2.46. The van der Waals surface area contributed by atoms with Crippen LogP contribution in [-0.2, 0) is 5.41 Å². The molecule has 0 bridgehead atoms. The third-order valence-electron chi connectivity index (χ3n) is 3.19. The van der Waals surface area contributed by atoms with Gasteiger partial charge in [-0.1, -0.05) is 20.8 Å². The summed E-state index contributed by atoms with van der Waals surface area (Å²) in [5, 5.41) is 9.46. The highest BCUT2D eigenvalue weighted by Gasteiger charge is 2.16. The van der Waals surface area contributed by atoms with Crippen molar-refractivity contribution in [2.75, 3.05) is 16.6 Å². The van der Waals surface area contributed by atoms with Crippen LogP contribution in [0.2, 0.25) is 0 Å². The van der Waals surface area contributed by atoms with Gasteiger partial charge in [0.15, 0.2) is 6.29 Å². The van der Waals surface area contributed by atoms with Gasteiger partial charge in [0.05, 0.1) is 16.9 Å². The van der Waals surface area contributed by atoms with Gasteiger partial charge in [-0.15, -0.1) is 0 Å². The third-order valence-corrected chi connectivity index (χ3v) is 3.19. The number of aldehydes is 1. The maximum atomic E-state index is 10.8. The van der Waals surface area contributed by atoms with Crippen LogP contribution in [0.3, 0.4) is 0 Å². The Bertz CT molecular complexity index is 693. The van der Waals surface area contributed by atoms with E-state index in [2.05, 4.69) is 36.6 Å². The van der Waals surface area contributed by atoms with E-state index in [0.717, 1.165) is 5.69 Å². The third kappa shape index (κ3) is 3.46. The molecule has 5 N–H and O–H groups in total. The van der Waals surface area contributed by atoms with Gasteiger partial charge in [0.25, 0.3) is 0 Å². The first-order chi connectivity index (χ1) is 10.3. The van der Waals surface area contributed by atoms with Crippen LogP contribution in [-0.4, -0.2) is 16.4 Å². The molecule has 0 unspecified atom stereocenters. The highest BCUT2D eigenvalue weighted by molar-refractivity contribution is 5.81. The maximum absolute atomic E-state index is 10.8. The number of nitrogen functional groups attached to an aromatic ring is 1. The minimum atomic E-state index is -0.0735. The van der Waals surface area contributed by atoms with Gasteiger partial charge in [-0.2, -0.15) is 0 Å². The van der Waals surface area contributed by atoms with E-state index in [0.29, 0.717) is 23.5 Å². The summed E-state index contributed by atoms with van der Waals surface area (Å²) < 4.78 is 0. The lowest BCUT2D eigenvalue weighted by atomic mass is 9.91. The topological polar surface area (TPSA) is 100 Å². The number of phenols is 1. The highest BCUT2D eigenvalue weighted by Crippen LogP contribution is 2.25. The molecule has 0 atom stereocenters. The van der Waals surface area contributed by atoms with Crippen LogP contribution in [0.15, 0.2) is 30.3 Å². The predicted molar refractivity (Wildman–Crippen MR) is 88.1 cm³/mol. The first kappa shape index (κ1) is 15.6. The molecule has 0 fully saturated rings. The monoisotopic (exact) mass is 300 g/mol. The second kappa shape index (κ2) is 5.93. The Morgan fingerprint density at radius 2 is 1.91 bits per heavy atom. The molecule has 0 spiro atoms. The van der Waals surface area contributed by atoms with Crippen molar-refractivity contribution >= 4 is 23.5 Å². The molecule has 0 aliphatic carbocycles. The molecule has 0 aliphatic heterocycles. The van der Waals surface area contributed by atoms with Gasteiger partial charge in [0.2, 0.25) is 0 Å². The Labute approximate surface area is 129 Å². The smallest absolute Gasteiger partial charge is 0.153 e. The summed E-state index contributed by atoms with van der Waals surface area (Å²) >= 11 is 0. The fraction of sp³-hybridized carbons (Fsp3) is 0.250.